The van der Waals surface area contributed by atoms with Crippen LogP contribution in [-0.4, -0.2) is 37.8 Å². The fourth-order valence-corrected chi connectivity index (χ4v) is 5.14. The highest BCUT2D eigenvalue weighted by atomic mass is 32.2. The number of carbonyl (C=O) groups is 1. The van der Waals surface area contributed by atoms with E-state index in [1.807, 2.05) is 47.4 Å². The highest BCUT2D eigenvalue weighted by Gasteiger charge is 2.39. The lowest BCUT2D eigenvalue weighted by atomic mass is 9.96. The topological polar surface area (TPSA) is 81.5 Å². The normalized spacial score (nSPS) is 18.0. The van der Waals surface area contributed by atoms with Crippen LogP contribution in [0.1, 0.15) is 36.8 Å². The Morgan fingerprint density at radius 2 is 1.65 bits per heavy atom. The molecule has 0 radical (unpaired) electrons. The number of sulfonamides is 1. The molecule has 7 heteroatoms. The van der Waals surface area contributed by atoms with E-state index in [2.05, 4.69) is 6.07 Å². The quantitative estimate of drug-likeness (QED) is 0.692. The third kappa shape index (κ3) is 5.04. The van der Waals surface area contributed by atoms with Gasteiger partial charge in [-0.2, -0.15) is 9.57 Å². The summed E-state index contributed by atoms with van der Waals surface area (Å²) in [6.07, 6.45) is 4.58. The van der Waals surface area contributed by atoms with E-state index < -0.39 is 10.0 Å². The zero-order valence-electron chi connectivity index (χ0n) is 17.2. The Bertz CT molecular complexity index is 1090. The van der Waals surface area contributed by atoms with Crippen molar-refractivity contribution in [2.45, 2.75) is 31.7 Å². The summed E-state index contributed by atoms with van der Waals surface area (Å²) in [6.45, 7) is 0.674. The molecule has 1 heterocycles. The van der Waals surface area contributed by atoms with Crippen LogP contribution in [0.3, 0.4) is 0 Å². The third-order valence-electron chi connectivity index (χ3n) is 5.82. The molecule has 1 saturated heterocycles. The van der Waals surface area contributed by atoms with Crippen LogP contribution in [0.4, 0.5) is 5.69 Å². The summed E-state index contributed by atoms with van der Waals surface area (Å²) in [5.74, 6) is -0.134. The Hall–Kier alpha value is -2.95. The molecule has 1 aliphatic heterocycles. The highest BCUT2D eigenvalue weighted by Crippen LogP contribution is 2.35. The molecule has 160 valence electrons. The van der Waals surface area contributed by atoms with E-state index in [9.17, 15) is 13.2 Å². The Balaban J connectivity index is 1.40. The van der Waals surface area contributed by atoms with E-state index >= 15 is 0 Å². The minimum absolute atomic E-state index is 0.0593. The van der Waals surface area contributed by atoms with Gasteiger partial charge in [-0.3, -0.25) is 4.79 Å². The van der Waals surface area contributed by atoms with Gasteiger partial charge < -0.3 is 4.90 Å². The van der Waals surface area contributed by atoms with Crippen molar-refractivity contribution >= 4 is 27.7 Å². The zero-order valence-corrected chi connectivity index (χ0v) is 18.0. The summed E-state index contributed by atoms with van der Waals surface area (Å²) in [5.41, 5.74) is 2.21. The van der Waals surface area contributed by atoms with Gasteiger partial charge in [0.1, 0.15) is 0 Å². The van der Waals surface area contributed by atoms with Gasteiger partial charge in [0.05, 0.1) is 11.6 Å². The Morgan fingerprint density at radius 3 is 2.23 bits per heavy atom. The summed E-state index contributed by atoms with van der Waals surface area (Å²) in [4.78, 5) is 15.1. The molecule has 2 aromatic rings. The number of rotatable bonds is 6. The van der Waals surface area contributed by atoms with Crippen molar-refractivity contribution in [2.24, 2.45) is 5.92 Å². The SMILES string of the molecule is N#Cc1ccc(N(C(=O)C2CCN(S(=O)(=O)/C=C/c3ccccc3)CC2)C2CC2)cc1. The van der Waals surface area contributed by atoms with Gasteiger partial charge in [0.25, 0.3) is 0 Å². The van der Waals surface area contributed by atoms with Gasteiger partial charge >= 0.3 is 0 Å². The number of hydrogen-bond donors (Lipinski definition) is 0. The summed E-state index contributed by atoms with van der Waals surface area (Å²) >= 11 is 0. The van der Waals surface area contributed by atoms with Gasteiger partial charge in [-0.25, -0.2) is 8.42 Å². The van der Waals surface area contributed by atoms with Crippen LogP contribution in [-0.2, 0) is 14.8 Å². The smallest absolute Gasteiger partial charge is 0.236 e. The highest BCUT2D eigenvalue weighted by molar-refractivity contribution is 7.92. The van der Waals surface area contributed by atoms with Gasteiger partial charge in [0.15, 0.2) is 0 Å². The maximum atomic E-state index is 13.3. The first kappa shape index (κ1) is 21.3. The minimum Gasteiger partial charge on any atom is -0.309 e. The minimum atomic E-state index is -3.52. The van der Waals surface area contributed by atoms with E-state index in [1.54, 1.807) is 18.2 Å². The van der Waals surface area contributed by atoms with E-state index in [-0.39, 0.29) is 17.9 Å². The van der Waals surface area contributed by atoms with Crippen molar-refractivity contribution in [3.63, 3.8) is 0 Å². The summed E-state index contributed by atoms with van der Waals surface area (Å²) < 4.78 is 26.8. The zero-order chi connectivity index (χ0) is 21.8. The maximum absolute atomic E-state index is 13.3. The van der Waals surface area contributed by atoms with Crippen molar-refractivity contribution in [3.05, 3.63) is 71.1 Å². The molecule has 2 aliphatic rings. The second kappa shape index (κ2) is 9.04. The van der Waals surface area contributed by atoms with E-state index in [0.29, 0.717) is 31.5 Å². The number of benzene rings is 2. The monoisotopic (exact) mass is 435 g/mol. The first-order valence-electron chi connectivity index (χ1n) is 10.5. The molecular formula is C24H25N3O3S. The lowest BCUT2D eigenvalue weighted by Crippen LogP contribution is -2.44. The van der Waals surface area contributed by atoms with Crippen LogP contribution in [0.25, 0.3) is 6.08 Å². The molecule has 1 saturated carbocycles. The standard InChI is InChI=1S/C24H25N3O3S/c25-18-20-6-8-22(9-7-20)27(23-10-11-23)24(28)21-12-15-26(16-13-21)31(29,30)17-14-19-4-2-1-3-5-19/h1-9,14,17,21,23H,10-13,15-16H2/b17-14+. The van der Waals surface area contributed by atoms with Crippen molar-refractivity contribution in [1.82, 2.24) is 4.31 Å². The number of nitrogens with zero attached hydrogens (tertiary/aromatic N) is 3. The number of amides is 1. The van der Waals surface area contributed by atoms with Gasteiger partial charge in [0, 0.05) is 36.1 Å². The van der Waals surface area contributed by atoms with Crippen LogP contribution in [0.5, 0.6) is 0 Å². The van der Waals surface area contributed by atoms with Crippen LogP contribution in [0.2, 0.25) is 0 Å². The van der Waals surface area contributed by atoms with Crippen molar-refractivity contribution in [3.8, 4) is 6.07 Å². The summed E-state index contributed by atoms with van der Waals surface area (Å²) in [5, 5.41) is 10.3. The van der Waals surface area contributed by atoms with Crippen LogP contribution < -0.4 is 4.90 Å². The third-order valence-corrected chi connectivity index (χ3v) is 7.38. The molecule has 0 bridgehead atoms. The predicted molar refractivity (Wildman–Crippen MR) is 120 cm³/mol. The molecule has 31 heavy (non-hydrogen) atoms. The molecule has 2 aromatic carbocycles. The van der Waals surface area contributed by atoms with Crippen molar-refractivity contribution < 1.29 is 13.2 Å². The molecule has 0 aromatic heterocycles. The fourth-order valence-electron chi connectivity index (χ4n) is 3.92. The van der Waals surface area contributed by atoms with E-state index in [1.165, 1.54) is 9.71 Å². The van der Waals surface area contributed by atoms with E-state index in [4.69, 9.17) is 5.26 Å². The number of anilines is 1. The lowest BCUT2D eigenvalue weighted by Gasteiger charge is -2.33. The average Bonchev–Trinajstić information content (AvgIpc) is 3.64. The predicted octanol–water partition coefficient (Wildman–Crippen LogP) is 3.77. The second-order valence-electron chi connectivity index (χ2n) is 8.03. The van der Waals surface area contributed by atoms with Gasteiger partial charge in [-0.15, -0.1) is 0 Å². The first-order valence-corrected chi connectivity index (χ1v) is 12.0. The Labute approximate surface area is 183 Å². The molecule has 0 spiro atoms. The fraction of sp³-hybridized carbons (Fsp3) is 0.333. The van der Waals surface area contributed by atoms with Crippen LogP contribution in [0, 0.1) is 17.2 Å². The molecule has 0 unspecified atom stereocenters. The first-order chi connectivity index (χ1) is 15.0. The average molecular weight is 436 g/mol. The largest absolute Gasteiger partial charge is 0.309 e. The molecule has 0 atom stereocenters. The molecule has 2 fully saturated rings. The number of carbonyl (C=O) groups excluding carboxylic acids is 1. The summed E-state index contributed by atoms with van der Waals surface area (Å²) in [6, 6.07) is 18.7. The molecular weight excluding hydrogens is 410 g/mol. The molecule has 0 N–H and O–H groups in total. The number of nitriles is 1. The number of piperidine rings is 1. The molecule has 6 nitrogen and oxygen atoms in total. The molecule has 1 aliphatic carbocycles. The maximum Gasteiger partial charge on any atom is 0.236 e. The second-order valence-corrected chi connectivity index (χ2v) is 9.85. The van der Waals surface area contributed by atoms with Gasteiger partial charge in [-0.1, -0.05) is 30.3 Å². The number of hydrogen-bond acceptors (Lipinski definition) is 4. The van der Waals surface area contributed by atoms with Crippen molar-refractivity contribution in [2.75, 3.05) is 18.0 Å². The lowest BCUT2D eigenvalue weighted by molar-refractivity contribution is -0.123. The van der Waals surface area contributed by atoms with Crippen LogP contribution >= 0.6 is 0 Å². The van der Waals surface area contributed by atoms with E-state index in [0.717, 1.165) is 24.1 Å². The van der Waals surface area contributed by atoms with Gasteiger partial charge in [0.2, 0.25) is 15.9 Å². The Morgan fingerprint density at radius 1 is 1.00 bits per heavy atom. The van der Waals surface area contributed by atoms with Gasteiger partial charge in [-0.05, 0) is 61.6 Å². The molecule has 1 amide bonds. The van der Waals surface area contributed by atoms with Crippen LogP contribution in [0.15, 0.2) is 60.0 Å². The molecule has 4 rings (SSSR count). The Kier molecular flexibility index (Phi) is 6.21. The van der Waals surface area contributed by atoms with Crippen molar-refractivity contribution in [1.29, 1.82) is 5.26 Å². The summed E-state index contributed by atoms with van der Waals surface area (Å²) in [7, 11) is -3.52.